The Balaban J connectivity index is 1.93. The Morgan fingerprint density at radius 2 is 1.64 bits per heavy atom. The predicted octanol–water partition coefficient (Wildman–Crippen LogP) is 5.52. The third kappa shape index (κ3) is 7.56. The summed E-state index contributed by atoms with van der Waals surface area (Å²) in [5, 5.41) is 15.6. The zero-order chi connectivity index (χ0) is 26.1. The molecule has 0 unspecified atom stereocenters. The van der Waals surface area contributed by atoms with E-state index in [1.54, 1.807) is 11.8 Å². The van der Waals surface area contributed by atoms with Gasteiger partial charge >= 0.3 is 0 Å². The molecule has 0 radical (unpaired) electrons. The van der Waals surface area contributed by atoms with Crippen LogP contribution < -0.4 is 9.47 Å². The summed E-state index contributed by atoms with van der Waals surface area (Å²) >= 11 is 0. The molecule has 196 valence electrons. The topological polar surface area (TPSA) is 69.0 Å². The summed E-state index contributed by atoms with van der Waals surface area (Å²) in [5.41, 5.74) is 2.88. The summed E-state index contributed by atoms with van der Waals surface area (Å²) in [7, 11) is 3.55. The van der Waals surface area contributed by atoms with E-state index in [1.165, 1.54) is 0 Å². The van der Waals surface area contributed by atoms with E-state index < -0.39 is 6.10 Å². The molecule has 2 aromatic carbocycles. The molecule has 36 heavy (non-hydrogen) atoms. The van der Waals surface area contributed by atoms with Crippen molar-refractivity contribution in [3.05, 3.63) is 60.2 Å². The monoisotopic (exact) mass is 495 g/mol. The van der Waals surface area contributed by atoms with Gasteiger partial charge in [0.05, 0.1) is 25.4 Å². The summed E-state index contributed by atoms with van der Waals surface area (Å²) in [6, 6.07) is 17.9. The van der Waals surface area contributed by atoms with E-state index >= 15 is 0 Å². The molecule has 0 spiro atoms. The van der Waals surface area contributed by atoms with Crippen LogP contribution in [0.4, 0.5) is 0 Å². The molecule has 2 atom stereocenters. The van der Waals surface area contributed by atoms with E-state index in [9.17, 15) is 5.11 Å². The summed E-state index contributed by atoms with van der Waals surface area (Å²) in [6.45, 7) is 10.6. The lowest BCUT2D eigenvalue weighted by Gasteiger charge is -2.30. The van der Waals surface area contributed by atoms with Crippen molar-refractivity contribution >= 4 is 0 Å². The second-order valence-electron chi connectivity index (χ2n) is 9.67. The summed E-state index contributed by atoms with van der Waals surface area (Å²) in [4.78, 5) is 2.29. The van der Waals surface area contributed by atoms with Gasteiger partial charge in [0.1, 0.15) is 17.2 Å². The smallest absolute Gasteiger partial charge is 0.222 e. The van der Waals surface area contributed by atoms with Crippen LogP contribution in [0.3, 0.4) is 0 Å². The first kappa shape index (κ1) is 27.7. The molecule has 3 aromatic rings. The number of aliphatic hydroxyl groups is 1. The van der Waals surface area contributed by atoms with Crippen LogP contribution in [-0.2, 0) is 18.3 Å². The van der Waals surface area contributed by atoms with Crippen molar-refractivity contribution in [3.8, 4) is 28.6 Å². The van der Waals surface area contributed by atoms with Gasteiger partial charge in [-0.1, -0.05) is 51.1 Å². The fourth-order valence-electron chi connectivity index (χ4n) is 4.03. The lowest BCUT2D eigenvalue weighted by Crippen LogP contribution is -2.40. The average Bonchev–Trinajstić information content (AvgIpc) is 3.18. The minimum Gasteiger partial charge on any atom is -0.497 e. The number of aryl methyl sites for hydroxylation is 1. The molecule has 3 rings (SSSR count). The van der Waals surface area contributed by atoms with Gasteiger partial charge in [0, 0.05) is 38.3 Å². The van der Waals surface area contributed by atoms with Gasteiger partial charge in [0.2, 0.25) is 5.88 Å². The van der Waals surface area contributed by atoms with Gasteiger partial charge < -0.3 is 19.3 Å². The number of nitrogens with zero attached hydrogens (tertiary/aromatic N) is 3. The molecule has 7 heteroatoms. The van der Waals surface area contributed by atoms with E-state index in [1.807, 2.05) is 49.5 Å². The molecule has 0 aliphatic carbocycles. The summed E-state index contributed by atoms with van der Waals surface area (Å²) in [5.74, 6) is 2.59. The first-order valence-electron chi connectivity index (χ1n) is 12.7. The molecule has 7 nitrogen and oxygen atoms in total. The van der Waals surface area contributed by atoms with Crippen molar-refractivity contribution in [2.75, 3.05) is 26.9 Å². The van der Waals surface area contributed by atoms with E-state index in [0.717, 1.165) is 29.0 Å². The second-order valence-corrected chi connectivity index (χ2v) is 9.67. The Bertz CT molecular complexity index is 1050. The maximum atomic E-state index is 10.8. The molecule has 0 aliphatic rings. The Hall–Kier alpha value is -2.87. The fourth-order valence-corrected chi connectivity index (χ4v) is 4.03. The van der Waals surface area contributed by atoms with Gasteiger partial charge in [-0.25, -0.2) is 4.68 Å². The van der Waals surface area contributed by atoms with Crippen molar-refractivity contribution < 1.29 is 19.3 Å². The molecule has 0 saturated heterocycles. The van der Waals surface area contributed by atoms with E-state index in [2.05, 4.69) is 44.7 Å². The molecule has 0 bridgehead atoms. The van der Waals surface area contributed by atoms with Crippen LogP contribution >= 0.6 is 0 Å². The molecule has 1 N–H and O–H groups in total. The third-order valence-corrected chi connectivity index (χ3v) is 6.19. The van der Waals surface area contributed by atoms with Crippen LogP contribution in [0.5, 0.6) is 17.4 Å². The lowest BCUT2D eigenvalue weighted by molar-refractivity contribution is 0.0000409. The van der Waals surface area contributed by atoms with Crippen molar-refractivity contribution in [3.63, 3.8) is 0 Å². The molecular formula is C29H41N3O4. The van der Waals surface area contributed by atoms with Gasteiger partial charge in [0.25, 0.3) is 0 Å². The van der Waals surface area contributed by atoms with Crippen molar-refractivity contribution in [2.24, 2.45) is 13.0 Å². The zero-order valence-corrected chi connectivity index (χ0v) is 22.5. The first-order valence-corrected chi connectivity index (χ1v) is 12.7. The molecule has 0 saturated carbocycles. The van der Waals surface area contributed by atoms with Crippen LogP contribution in [-0.4, -0.2) is 58.8 Å². The zero-order valence-electron chi connectivity index (χ0n) is 22.5. The first-order chi connectivity index (χ1) is 17.3. The number of ether oxygens (including phenoxy) is 3. The molecular weight excluding hydrogens is 454 g/mol. The number of aliphatic hydroxyl groups excluding tert-OH is 1. The van der Waals surface area contributed by atoms with Crippen molar-refractivity contribution in [1.82, 2.24) is 14.7 Å². The number of hydrogen-bond donors (Lipinski definition) is 1. The Labute approximate surface area is 215 Å². The van der Waals surface area contributed by atoms with Crippen LogP contribution in [0.1, 0.15) is 39.7 Å². The number of aromatic nitrogens is 2. The molecule has 1 heterocycles. The quantitative estimate of drug-likeness (QED) is 0.318. The van der Waals surface area contributed by atoms with E-state index in [4.69, 9.17) is 19.3 Å². The average molecular weight is 496 g/mol. The lowest BCUT2D eigenvalue weighted by atomic mass is 10.1. The maximum Gasteiger partial charge on any atom is 0.222 e. The highest BCUT2D eigenvalue weighted by molar-refractivity contribution is 5.65. The third-order valence-electron chi connectivity index (χ3n) is 6.19. The van der Waals surface area contributed by atoms with Crippen LogP contribution in [0, 0.1) is 5.92 Å². The van der Waals surface area contributed by atoms with Crippen molar-refractivity contribution in [2.45, 2.75) is 52.8 Å². The Morgan fingerprint density at radius 1 is 0.972 bits per heavy atom. The molecule has 0 fully saturated rings. The second kappa shape index (κ2) is 13.4. The number of benzene rings is 2. The van der Waals surface area contributed by atoms with Crippen LogP contribution in [0.15, 0.2) is 54.6 Å². The largest absolute Gasteiger partial charge is 0.497 e. The number of hydrogen-bond acceptors (Lipinski definition) is 6. The van der Waals surface area contributed by atoms with Crippen LogP contribution in [0.2, 0.25) is 0 Å². The molecule has 1 aromatic heterocycles. The summed E-state index contributed by atoms with van der Waals surface area (Å²) < 4.78 is 19.2. The fraction of sp³-hybridized carbons (Fsp3) is 0.483. The molecule has 0 aliphatic heterocycles. The van der Waals surface area contributed by atoms with E-state index in [0.29, 0.717) is 43.9 Å². The SMILES string of the molecule is CC[C@H](C)N(Cc1c(-c2ccccc2)nn(C)c1Oc1ccc(OC)cc1)C[C@H](O)COCC(C)C. The van der Waals surface area contributed by atoms with Gasteiger partial charge in [-0.3, -0.25) is 4.90 Å². The Morgan fingerprint density at radius 3 is 2.25 bits per heavy atom. The van der Waals surface area contributed by atoms with Gasteiger partial charge in [-0.05, 0) is 43.5 Å². The minimum absolute atomic E-state index is 0.252. The highest BCUT2D eigenvalue weighted by Crippen LogP contribution is 2.35. The standard InChI is InChI=1S/C29H41N3O4/c1-7-22(4)32(17-24(33)20-35-19-21(2)3)18-27-28(23-11-9-8-10-12-23)30-31(5)29(27)36-26-15-13-25(34-6)14-16-26/h8-16,21-22,24,33H,7,17-20H2,1-6H3/t22-,24-/m0/s1. The maximum absolute atomic E-state index is 10.8. The van der Waals surface area contributed by atoms with Gasteiger partial charge in [0.15, 0.2) is 0 Å². The van der Waals surface area contributed by atoms with Gasteiger partial charge in [-0.15, -0.1) is 0 Å². The van der Waals surface area contributed by atoms with E-state index in [-0.39, 0.29) is 6.04 Å². The highest BCUT2D eigenvalue weighted by atomic mass is 16.5. The van der Waals surface area contributed by atoms with Crippen molar-refractivity contribution in [1.29, 1.82) is 0 Å². The van der Waals surface area contributed by atoms with Gasteiger partial charge in [-0.2, -0.15) is 5.10 Å². The molecule has 0 amide bonds. The minimum atomic E-state index is -0.583. The van der Waals surface area contributed by atoms with Crippen LogP contribution in [0.25, 0.3) is 11.3 Å². The summed E-state index contributed by atoms with van der Waals surface area (Å²) in [6.07, 6.45) is 0.371. The predicted molar refractivity (Wildman–Crippen MR) is 144 cm³/mol. The number of rotatable bonds is 14. The normalized spacial score (nSPS) is 13.2. The highest BCUT2D eigenvalue weighted by Gasteiger charge is 2.25. The number of methoxy groups -OCH3 is 1. The Kier molecular flexibility index (Phi) is 10.3.